The van der Waals surface area contributed by atoms with Crippen LogP contribution in [-0.2, 0) is 34.3 Å². The number of carbonyl (C=O) groups excluding carboxylic acids is 4. The molecule has 0 radical (unpaired) electrons. The van der Waals surface area contributed by atoms with Crippen molar-refractivity contribution < 1.29 is 66.5 Å². The smallest absolute Gasteiger partial charge is 0.731 e. The summed E-state index contributed by atoms with van der Waals surface area (Å²) in [6, 6.07) is -3.26. The standard InChI is InChI=1S/C13H14ClN5O8S2.Na/c1-5(20)10-9(12(23)19(10)29(24,25)26)17-11(22)8(18-27-2)6-4-28-13(15-6)16-7(21)3-14;/h4,9-10H,3H2,1-2H3,(H,17,22)(H,15,16,21)(H,24,25,26);/q;+1/p-1/t9-,10+;/m1./s1. The fourth-order valence-electron chi connectivity index (χ4n) is 2.35. The van der Waals surface area contributed by atoms with Gasteiger partial charge in [-0.3, -0.25) is 19.2 Å². The molecule has 1 aliphatic heterocycles. The van der Waals surface area contributed by atoms with Gasteiger partial charge in [0.2, 0.25) is 5.91 Å². The number of thiazole rings is 1. The molecule has 158 valence electrons. The Bertz CT molecular complexity index is 997. The van der Waals surface area contributed by atoms with Gasteiger partial charge in [-0.15, -0.1) is 22.9 Å². The molecule has 30 heavy (non-hydrogen) atoms. The number of rotatable bonds is 8. The molecule has 0 saturated carbocycles. The van der Waals surface area contributed by atoms with E-state index in [-0.39, 0.29) is 50.6 Å². The molecule has 0 bridgehead atoms. The molecule has 2 heterocycles. The average Bonchev–Trinajstić information content (AvgIpc) is 3.07. The van der Waals surface area contributed by atoms with E-state index in [2.05, 4.69) is 25.6 Å². The first kappa shape index (κ1) is 26.4. The van der Waals surface area contributed by atoms with Crippen LogP contribution in [0.2, 0.25) is 0 Å². The summed E-state index contributed by atoms with van der Waals surface area (Å²) in [7, 11) is -4.09. The van der Waals surface area contributed by atoms with Crippen molar-refractivity contribution in [2.45, 2.75) is 19.0 Å². The Kier molecular flexibility index (Phi) is 9.34. The molecule has 0 spiro atoms. The number of anilines is 1. The van der Waals surface area contributed by atoms with Gasteiger partial charge < -0.3 is 20.0 Å². The summed E-state index contributed by atoms with van der Waals surface area (Å²) in [6.07, 6.45) is 0. The van der Waals surface area contributed by atoms with Gasteiger partial charge in [-0.05, 0) is 6.92 Å². The number of alkyl halides is 1. The Morgan fingerprint density at radius 2 is 2.07 bits per heavy atom. The number of β-lactam (4-membered cyclic amide) rings is 1. The summed E-state index contributed by atoms with van der Waals surface area (Å²) in [5.41, 5.74) is -0.465. The second-order valence-electron chi connectivity index (χ2n) is 5.44. The number of nitrogens with one attached hydrogen (secondary N) is 2. The van der Waals surface area contributed by atoms with Crippen molar-refractivity contribution in [1.29, 1.82) is 0 Å². The van der Waals surface area contributed by atoms with Gasteiger partial charge in [0.05, 0.1) is 0 Å². The molecule has 3 amide bonds. The van der Waals surface area contributed by atoms with Crippen molar-refractivity contribution >= 4 is 67.6 Å². The molecule has 0 aliphatic carbocycles. The van der Waals surface area contributed by atoms with Gasteiger partial charge in [-0.1, -0.05) is 5.16 Å². The first-order valence-corrected chi connectivity index (χ1v) is 10.3. The molecule has 13 nitrogen and oxygen atoms in total. The Morgan fingerprint density at radius 1 is 1.43 bits per heavy atom. The number of amides is 3. The maximum atomic E-state index is 12.5. The Labute approximate surface area is 201 Å². The van der Waals surface area contributed by atoms with E-state index in [1.54, 1.807) is 0 Å². The summed E-state index contributed by atoms with van der Waals surface area (Å²) in [6.45, 7) is 0.963. The van der Waals surface area contributed by atoms with E-state index >= 15 is 0 Å². The normalized spacial score (nSPS) is 18.7. The van der Waals surface area contributed by atoms with Crippen LogP contribution >= 0.6 is 22.9 Å². The third-order valence-corrected chi connectivity index (χ3v) is 5.40. The number of hydrogen-bond donors (Lipinski definition) is 2. The van der Waals surface area contributed by atoms with E-state index < -0.39 is 51.6 Å². The number of carbonyl (C=O) groups is 4. The van der Waals surface area contributed by atoms with Gasteiger partial charge in [-0.25, -0.2) is 17.7 Å². The van der Waals surface area contributed by atoms with Crippen molar-refractivity contribution in [3.05, 3.63) is 11.1 Å². The summed E-state index contributed by atoms with van der Waals surface area (Å²) in [4.78, 5) is 56.0. The third-order valence-electron chi connectivity index (χ3n) is 3.51. The fraction of sp³-hybridized carbons (Fsp3) is 0.385. The second kappa shape index (κ2) is 10.6. The van der Waals surface area contributed by atoms with Crippen LogP contribution in [0.25, 0.3) is 0 Å². The minimum Gasteiger partial charge on any atom is -0.731 e. The molecular weight excluding hydrogens is 477 g/mol. The zero-order chi connectivity index (χ0) is 21.9. The first-order chi connectivity index (χ1) is 13.5. The topological polar surface area (TPSA) is 187 Å². The third kappa shape index (κ3) is 5.75. The number of ketones is 1. The van der Waals surface area contributed by atoms with E-state index in [4.69, 9.17) is 11.6 Å². The quantitative estimate of drug-likeness (QED) is 0.0904. The number of oxime groups is 1. The molecule has 1 aliphatic rings. The number of nitrogens with zero attached hydrogens (tertiary/aromatic N) is 3. The molecule has 1 fully saturated rings. The summed E-state index contributed by atoms with van der Waals surface area (Å²) in [5, 5.41) is 9.45. The Balaban J connectivity index is 0.00000450. The molecule has 1 aromatic rings. The summed E-state index contributed by atoms with van der Waals surface area (Å²) < 4.78 is 33.3. The van der Waals surface area contributed by atoms with Gasteiger partial charge >= 0.3 is 29.6 Å². The monoisotopic (exact) mass is 489 g/mol. The molecule has 0 unspecified atom stereocenters. The molecule has 2 atom stereocenters. The summed E-state index contributed by atoms with van der Waals surface area (Å²) >= 11 is 6.32. The number of Topliss-reactive ketones (excluding diaryl/α,β-unsaturated/α-hetero) is 1. The van der Waals surface area contributed by atoms with Gasteiger partial charge in [0.1, 0.15) is 30.8 Å². The van der Waals surface area contributed by atoms with Crippen molar-refractivity contribution in [3.8, 4) is 0 Å². The summed E-state index contributed by atoms with van der Waals surface area (Å²) in [5.74, 6) is -3.97. The van der Waals surface area contributed by atoms with Crippen molar-refractivity contribution in [1.82, 2.24) is 14.6 Å². The Morgan fingerprint density at radius 3 is 2.57 bits per heavy atom. The minimum absolute atomic E-state index is 0. The van der Waals surface area contributed by atoms with E-state index in [1.165, 1.54) is 5.38 Å². The number of halogens is 1. The predicted octanol–water partition coefficient (Wildman–Crippen LogP) is -4.58. The van der Waals surface area contributed by atoms with Crippen LogP contribution < -0.4 is 40.2 Å². The van der Waals surface area contributed by atoms with Crippen LogP contribution in [0.1, 0.15) is 12.6 Å². The van der Waals surface area contributed by atoms with Gasteiger partial charge in [0.15, 0.2) is 26.9 Å². The average molecular weight is 490 g/mol. The Hall–Kier alpha value is -1.62. The van der Waals surface area contributed by atoms with E-state index in [0.717, 1.165) is 25.4 Å². The van der Waals surface area contributed by atoms with Crippen LogP contribution in [0, 0.1) is 0 Å². The molecule has 1 aromatic heterocycles. The maximum Gasteiger partial charge on any atom is 1.00 e. The van der Waals surface area contributed by atoms with Gasteiger partial charge in [0.25, 0.3) is 11.8 Å². The minimum atomic E-state index is -5.23. The van der Waals surface area contributed by atoms with E-state index in [1.807, 2.05) is 0 Å². The largest absolute Gasteiger partial charge is 1.00 e. The first-order valence-electron chi connectivity index (χ1n) is 7.54. The number of hydrogen-bond acceptors (Lipinski definition) is 11. The van der Waals surface area contributed by atoms with Crippen LogP contribution in [0.4, 0.5) is 5.13 Å². The fourth-order valence-corrected chi connectivity index (χ4v) is 4.01. The van der Waals surface area contributed by atoms with E-state index in [0.29, 0.717) is 0 Å². The zero-order valence-electron chi connectivity index (χ0n) is 15.7. The van der Waals surface area contributed by atoms with Gasteiger partial charge in [0, 0.05) is 5.38 Å². The zero-order valence-corrected chi connectivity index (χ0v) is 20.1. The molecule has 1 saturated heterocycles. The van der Waals surface area contributed by atoms with Gasteiger partial charge in [-0.2, -0.15) is 0 Å². The molecule has 2 rings (SSSR count). The van der Waals surface area contributed by atoms with Crippen LogP contribution in [0.5, 0.6) is 0 Å². The predicted molar refractivity (Wildman–Crippen MR) is 98.0 cm³/mol. The van der Waals surface area contributed by atoms with Crippen LogP contribution in [0.3, 0.4) is 0 Å². The molecule has 2 N–H and O–H groups in total. The van der Waals surface area contributed by atoms with Crippen LogP contribution in [-0.4, -0.2) is 76.5 Å². The van der Waals surface area contributed by atoms with Crippen molar-refractivity contribution in [2.75, 3.05) is 18.3 Å². The molecule has 0 aromatic carbocycles. The molecular formula is C13H13ClN5NaO8S2. The number of aromatic nitrogens is 1. The maximum absolute atomic E-state index is 12.5. The van der Waals surface area contributed by atoms with E-state index in [9.17, 15) is 32.1 Å². The van der Waals surface area contributed by atoms with Crippen molar-refractivity contribution in [2.24, 2.45) is 5.16 Å². The molecule has 17 heteroatoms. The second-order valence-corrected chi connectivity index (χ2v) is 7.81. The SMILES string of the molecule is CON=C(C(=O)N[C@H]1C(=O)N(S(=O)(=O)[O-])[C@H]1C(C)=O)c1csc(NC(=O)CCl)n1.[Na+]. The van der Waals surface area contributed by atoms with Crippen LogP contribution in [0.15, 0.2) is 10.5 Å². The van der Waals surface area contributed by atoms with Crippen molar-refractivity contribution in [3.63, 3.8) is 0 Å².